The molecule has 2 amide bonds. The number of amides is 2. The normalized spacial score (nSPS) is 21.4. The van der Waals surface area contributed by atoms with Crippen LogP contribution in [-0.2, 0) is 14.4 Å². The van der Waals surface area contributed by atoms with Crippen molar-refractivity contribution >= 4 is 40.3 Å². The van der Waals surface area contributed by atoms with Gasteiger partial charge >= 0.3 is 0 Å². The van der Waals surface area contributed by atoms with Crippen LogP contribution in [0.1, 0.15) is 125 Å². The molecule has 1 aromatic carbocycles. The van der Waals surface area contributed by atoms with E-state index in [2.05, 4.69) is 15.3 Å². The number of benzene rings is 1. The van der Waals surface area contributed by atoms with Crippen molar-refractivity contribution in [2.45, 2.75) is 125 Å². The van der Waals surface area contributed by atoms with Gasteiger partial charge in [-0.25, -0.2) is 5.01 Å². The first-order chi connectivity index (χ1) is 21.7. The zero-order valence-corrected chi connectivity index (χ0v) is 29.1. The summed E-state index contributed by atoms with van der Waals surface area (Å²) in [4.78, 5) is 43.1. The number of hydrazone groups is 1. The topological polar surface area (TPSA) is 102 Å². The molecular weight excluding hydrogens is 576 g/mol. The molecule has 3 aliphatic carbocycles. The molecule has 0 saturated heterocycles. The molecule has 5 rings (SSSR count). The molecule has 0 spiro atoms. The van der Waals surface area contributed by atoms with Gasteiger partial charge in [-0.3, -0.25) is 14.4 Å². The Morgan fingerprint density at radius 1 is 0.935 bits per heavy atom. The summed E-state index contributed by atoms with van der Waals surface area (Å²) in [5.74, 6) is 0.348. The number of anilines is 2. The first-order valence-electron chi connectivity index (χ1n) is 17.6. The Bertz CT molecular complexity index is 1450. The van der Waals surface area contributed by atoms with Gasteiger partial charge < -0.3 is 15.3 Å². The summed E-state index contributed by atoms with van der Waals surface area (Å²) >= 11 is 0. The summed E-state index contributed by atoms with van der Waals surface area (Å²) in [5.41, 5.74) is 1.47. The Balaban J connectivity index is 1.52. The van der Waals surface area contributed by atoms with Gasteiger partial charge in [0.15, 0.2) is 0 Å². The van der Waals surface area contributed by atoms with E-state index < -0.39 is 22.6 Å². The largest absolute Gasteiger partial charge is 0.506 e. The Morgan fingerprint density at radius 3 is 1.98 bits per heavy atom. The number of hydrogen-bond donors (Lipinski definition) is 2. The second-order valence-electron chi connectivity index (χ2n) is 15.6. The summed E-state index contributed by atoms with van der Waals surface area (Å²) < 4.78 is 0. The maximum absolute atomic E-state index is 13.8. The molecule has 4 aliphatic rings. The molecule has 0 aromatic heterocycles. The molecule has 46 heavy (non-hydrogen) atoms. The number of hydrogen-bond acceptors (Lipinski definition) is 6. The summed E-state index contributed by atoms with van der Waals surface area (Å²) in [5, 5.41) is 20.3. The molecule has 2 N–H and O–H groups in total. The first kappa shape index (κ1) is 33.9. The van der Waals surface area contributed by atoms with Crippen LogP contribution in [0.2, 0.25) is 0 Å². The summed E-state index contributed by atoms with van der Waals surface area (Å²) in [6, 6.07) is 5.86. The molecule has 1 aromatic rings. The monoisotopic (exact) mass is 630 g/mol. The van der Waals surface area contributed by atoms with Crippen LogP contribution in [0.3, 0.4) is 0 Å². The van der Waals surface area contributed by atoms with Gasteiger partial charge in [0.1, 0.15) is 5.76 Å². The van der Waals surface area contributed by atoms with Gasteiger partial charge in [-0.05, 0) is 77.0 Å². The quantitative estimate of drug-likeness (QED) is 0.240. The zero-order valence-electron chi connectivity index (χ0n) is 29.1. The zero-order chi connectivity index (χ0) is 33.4. The van der Waals surface area contributed by atoms with Crippen molar-refractivity contribution in [2.24, 2.45) is 22.4 Å². The molecule has 250 valence electrons. The number of rotatable bonds is 11. The molecule has 0 unspecified atom stereocenters. The molecule has 1 heterocycles. The standard InChI is InChI=1S/C38H54N4O4/c1-8-38(6,7)36(46)39-29-23-27(41(21-19-25-13-9-10-14-25)22-20-26-15-11-12-16-26)17-18-28(29)31-33(43)32(34(31)44)30-24(2)40-42(35(30)45)37(3,4)5/h17-18,23,25-26,43H,8-16,19-22H2,1-7H3,(H,39,46)/b32-30+. The van der Waals surface area contributed by atoms with E-state index in [1.807, 2.05) is 59.7 Å². The maximum Gasteiger partial charge on any atom is 0.277 e. The van der Waals surface area contributed by atoms with Crippen molar-refractivity contribution in [3.8, 4) is 0 Å². The predicted octanol–water partition coefficient (Wildman–Crippen LogP) is 8.19. The van der Waals surface area contributed by atoms with Crippen molar-refractivity contribution in [2.75, 3.05) is 23.3 Å². The highest BCUT2D eigenvalue weighted by atomic mass is 16.3. The highest BCUT2D eigenvalue weighted by Crippen LogP contribution is 2.44. The minimum absolute atomic E-state index is 0.00186. The molecule has 0 radical (unpaired) electrons. The Hall–Kier alpha value is -3.42. The van der Waals surface area contributed by atoms with E-state index in [9.17, 15) is 19.5 Å². The van der Waals surface area contributed by atoms with Gasteiger partial charge in [-0.15, -0.1) is 0 Å². The third-order valence-electron chi connectivity index (χ3n) is 10.8. The van der Waals surface area contributed by atoms with Crippen molar-refractivity contribution in [1.82, 2.24) is 5.01 Å². The minimum Gasteiger partial charge on any atom is -0.506 e. The lowest BCUT2D eigenvalue weighted by Crippen LogP contribution is -2.40. The van der Waals surface area contributed by atoms with Crippen LogP contribution in [-0.4, -0.2) is 52.1 Å². The van der Waals surface area contributed by atoms with Gasteiger partial charge in [-0.1, -0.05) is 72.1 Å². The van der Waals surface area contributed by atoms with Crippen LogP contribution in [0.5, 0.6) is 0 Å². The van der Waals surface area contributed by atoms with E-state index in [4.69, 9.17) is 0 Å². The van der Waals surface area contributed by atoms with Crippen LogP contribution < -0.4 is 10.2 Å². The van der Waals surface area contributed by atoms with E-state index in [1.54, 1.807) is 6.92 Å². The van der Waals surface area contributed by atoms with Gasteiger partial charge in [0.05, 0.1) is 33.7 Å². The molecule has 2 fully saturated rings. The third kappa shape index (κ3) is 6.82. The second kappa shape index (κ2) is 13.4. The summed E-state index contributed by atoms with van der Waals surface area (Å²) in [7, 11) is 0. The van der Waals surface area contributed by atoms with Crippen molar-refractivity contribution in [3.05, 3.63) is 40.7 Å². The highest BCUT2D eigenvalue weighted by molar-refractivity contribution is 6.44. The predicted molar refractivity (Wildman–Crippen MR) is 186 cm³/mol. The SMILES string of the molecule is CCC(C)(C)C(=O)Nc1cc(N(CCC2CCCC2)CCC2CCCC2)ccc1C1=C(O)/C(=C2\C(=O)N(C(C)(C)C)N=C2C)C1=O. The molecule has 0 atom stereocenters. The third-order valence-corrected chi connectivity index (χ3v) is 10.8. The van der Waals surface area contributed by atoms with Crippen LogP contribution >= 0.6 is 0 Å². The van der Waals surface area contributed by atoms with Crippen LogP contribution in [0.25, 0.3) is 5.57 Å². The van der Waals surface area contributed by atoms with E-state index in [1.165, 1.54) is 56.4 Å². The maximum atomic E-state index is 13.8. The van der Waals surface area contributed by atoms with E-state index >= 15 is 0 Å². The number of allylic oxidation sites excluding steroid dienone is 2. The lowest BCUT2D eigenvalue weighted by molar-refractivity contribution is -0.130. The second-order valence-corrected chi connectivity index (χ2v) is 15.6. The minimum atomic E-state index is -0.620. The molecule has 0 bridgehead atoms. The van der Waals surface area contributed by atoms with Crippen LogP contribution in [0.15, 0.2) is 40.2 Å². The number of aliphatic hydroxyl groups excluding tert-OH is 1. The van der Waals surface area contributed by atoms with Crippen molar-refractivity contribution in [3.63, 3.8) is 0 Å². The number of aliphatic hydroxyl groups is 1. The number of nitrogens with zero attached hydrogens (tertiary/aromatic N) is 3. The Morgan fingerprint density at radius 2 is 1.50 bits per heavy atom. The van der Waals surface area contributed by atoms with Crippen molar-refractivity contribution < 1.29 is 19.5 Å². The summed E-state index contributed by atoms with van der Waals surface area (Å²) in [6.07, 6.45) is 13.4. The number of ketones is 1. The number of Topliss-reactive ketones (excluding diaryl/α,β-unsaturated/α-hetero) is 1. The average Bonchev–Trinajstić information content (AvgIpc) is 3.78. The van der Waals surface area contributed by atoms with Gasteiger partial charge in [-0.2, -0.15) is 5.10 Å². The number of carbonyl (C=O) groups is 3. The average molecular weight is 631 g/mol. The van der Waals surface area contributed by atoms with E-state index in [0.29, 0.717) is 23.4 Å². The smallest absolute Gasteiger partial charge is 0.277 e. The highest BCUT2D eigenvalue weighted by Gasteiger charge is 2.45. The van der Waals surface area contributed by atoms with Gasteiger partial charge in [0.2, 0.25) is 11.7 Å². The fraction of sp³-hybridized carbons (Fsp3) is 0.632. The lowest BCUT2D eigenvalue weighted by atomic mass is 9.79. The van der Waals surface area contributed by atoms with Gasteiger partial charge in [0, 0.05) is 29.8 Å². The molecule has 8 heteroatoms. The fourth-order valence-electron chi connectivity index (χ4n) is 7.28. The fourth-order valence-corrected chi connectivity index (χ4v) is 7.28. The van der Waals surface area contributed by atoms with Crippen molar-refractivity contribution in [1.29, 1.82) is 0 Å². The lowest BCUT2D eigenvalue weighted by Gasteiger charge is -2.31. The molecule has 1 aliphatic heterocycles. The number of nitrogens with one attached hydrogen (secondary N) is 1. The molecule has 2 saturated carbocycles. The van der Waals surface area contributed by atoms with Crippen LogP contribution in [0.4, 0.5) is 11.4 Å². The Kier molecular flexibility index (Phi) is 9.86. The Labute approximate surface area is 275 Å². The van der Waals surface area contributed by atoms with Gasteiger partial charge in [0.25, 0.3) is 5.91 Å². The van der Waals surface area contributed by atoms with Crippen LogP contribution in [0, 0.1) is 17.3 Å². The molecule has 8 nitrogen and oxygen atoms in total. The number of carbonyl (C=O) groups excluding carboxylic acids is 3. The van der Waals surface area contributed by atoms with E-state index in [0.717, 1.165) is 43.5 Å². The van der Waals surface area contributed by atoms with E-state index in [-0.39, 0.29) is 28.4 Å². The first-order valence-corrected chi connectivity index (χ1v) is 17.6. The summed E-state index contributed by atoms with van der Waals surface area (Å²) in [6.45, 7) is 15.0. The molecular formula is C38H54N4O4.